The molecule has 3 N–H and O–H groups in total. The van der Waals surface area contributed by atoms with Gasteiger partial charge >= 0.3 is 6.36 Å². The summed E-state index contributed by atoms with van der Waals surface area (Å²) in [6.07, 6.45) is -3.36. The number of ether oxygens (including phenoxy) is 1. The molecule has 0 fully saturated rings. The second kappa shape index (κ2) is 10.2. The van der Waals surface area contributed by atoms with Gasteiger partial charge in [-0.2, -0.15) is 0 Å². The number of furan rings is 1. The number of rotatable bonds is 8. The first-order valence-electron chi connectivity index (χ1n) is 8.56. The molecule has 1 heterocycles. The molecule has 0 bridgehead atoms. The summed E-state index contributed by atoms with van der Waals surface area (Å²) < 4.78 is 46.5. The maximum atomic E-state index is 12.5. The fourth-order valence-electron chi connectivity index (χ4n) is 2.22. The van der Waals surface area contributed by atoms with E-state index in [-0.39, 0.29) is 24.0 Å². The van der Waals surface area contributed by atoms with Gasteiger partial charge in [0.05, 0.1) is 12.8 Å². The lowest BCUT2D eigenvalue weighted by atomic mass is 10.2. The van der Waals surface area contributed by atoms with Gasteiger partial charge in [-0.1, -0.05) is 18.2 Å². The normalized spacial score (nSPS) is 11.8. The van der Waals surface area contributed by atoms with E-state index in [0.29, 0.717) is 31.2 Å². The van der Waals surface area contributed by atoms with Crippen LogP contribution in [0.3, 0.4) is 0 Å². The van der Waals surface area contributed by atoms with E-state index in [1.807, 2.05) is 6.92 Å². The van der Waals surface area contributed by atoms with Crippen LogP contribution in [0.1, 0.15) is 23.0 Å². The topological polar surface area (TPSA) is 87.9 Å². The van der Waals surface area contributed by atoms with Crippen molar-refractivity contribution in [2.75, 3.05) is 19.6 Å². The van der Waals surface area contributed by atoms with Crippen molar-refractivity contribution >= 4 is 11.9 Å². The van der Waals surface area contributed by atoms with Gasteiger partial charge in [-0.05, 0) is 25.1 Å². The average molecular weight is 398 g/mol. The van der Waals surface area contributed by atoms with Crippen LogP contribution in [-0.2, 0) is 6.54 Å². The van der Waals surface area contributed by atoms with Gasteiger partial charge in [-0.15, -0.1) is 13.2 Å². The lowest BCUT2D eigenvalue weighted by Crippen LogP contribution is -2.41. The molecule has 0 saturated heterocycles. The molecule has 7 nitrogen and oxygen atoms in total. The minimum Gasteiger partial charge on any atom is -0.459 e. The van der Waals surface area contributed by atoms with E-state index < -0.39 is 6.36 Å². The Labute approximate surface area is 160 Å². The number of aliphatic imine (C=N–C) groups is 1. The molecule has 2 aromatic rings. The van der Waals surface area contributed by atoms with Crippen molar-refractivity contribution in [3.05, 3.63) is 54.0 Å². The van der Waals surface area contributed by atoms with Gasteiger partial charge in [0.1, 0.15) is 5.75 Å². The maximum absolute atomic E-state index is 12.5. The predicted molar refractivity (Wildman–Crippen MR) is 97.0 cm³/mol. The Morgan fingerprint density at radius 1 is 1.11 bits per heavy atom. The van der Waals surface area contributed by atoms with Gasteiger partial charge < -0.3 is 25.1 Å². The minimum absolute atomic E-state index is 0.0136. The van der Waals surface area contributed by atoms with Crippen molar-refractivity contribution in [3.8, 4) is 5.75 Å². The fraction of sp³-hybridized carbons (Fsp3) is 0.333. The molecule has 0 aliphatic rings. The van der Waals surface area contributed by atoms with Gasteiger partial charge in [0.2, 0.25) is 0 Å². The summed E-state index contributed by atoms with van der Waals surface area (Å²) in [7, 11) is 0. The van der Waals surface area contributed by atoms with Crippen LogP contribution in [0.5, 0.6) is 5.75 Å². The Balaban J connectivity index is 1.89. The molecule has 0 unspecified atom stereocenters. The van der Waals surface area contributed by atoms with Crippen molar-refractivity contribution in [1.29, 1.82) is 0 Å². The first kappa shape index (κ1) is 21.1. The first-order chi connectivity index (χ1) is 13.4. The molecule has 152 valence electrons. The van der Waals surface area contributed by atoms with Gasteiger partial charge in [-0.3, -0.25) is 4.79 Å². The number of nitrogens with zero attached hydrogens (tertiary/aromatic N) is 1. The van der Waals surface area contributed by atoms with E-state index in [2.05, 4.69) is 25.7 Å². The van der Waals surface area contributed by atoms with Gasteiger partial charge in [-0.25, -0.2) is 4.99 Å². The van der Waals surface area contributed by atoms with E-state index in [0.717, 1.165) is 0 Å². The molecule has 1 aromatic heterocycles. The number of halogens is 3. The van der Waals surface area contributed by atoms with E-state index >= 15 is 0 Å². The highest BCUT2D eigenvalue weighted by Crippen LogP contribution is 2.26. The zero-order chi connectivity index (χ0) is 20.4. The highest BCUT2D eigenvalue weighted by Gasteiger charge is 2.31. The van der Waals surface area contributed by atoms with Crippen molar-refractivity contribution in [1.82, 2.24) is 16.0 Å². The van der Waals surface area contributed by atoms with Crippen LogP contribution in [0.2, 0.25) is 0 Å². The van der Waals surface area contributed by atoms with Crippen molar-refractivity contribution in [2.24, 2.45) is 4.99 Å². The molecule has 1 amide bonds. The smallest absolute Gasteiger partial charge is 0.459 e. The summed E-state index contributed by atoms with van der Waals surface area (Å²) in [6.45, 7) is 3.07. The number of carbonyl (C=O) groups excluding carboxylic acids is 1. The third-order valence-corrected chi connectivity index (χ3v) is 3.40. The van der Waals surface area contributed by atoms with Crippen LogP contribution in [0.15, 0.2) is 52.1 Å². The summed E-state index contributed by atoms with van der Waals surface area (Å²) >= 11 is 0. The Kier molecular flexibility index (Phi) is 7.73. The number of guanidine groups is 1. The lowest BCUT2D eigenvalue weighted by Gasteiger charge is -2.14. The van der Waals surface area contributed by atoms with E-state index in [1.54, 1.807) is 18.2 Å². The standard InChI is InChI=1S/C18H21F3N4O3/c1-2-22-17(24-10-9-23-16(26)15-8-5-11-27-15)25-12-13-6-3-4-7-14(13)28-18(19,20)21/h3-8,11H,2,9-10,12H2,1H3,(H,23,26)(H2,22,24,25). The molecular weight excluding hydrogens is 377 g/mol. The molecule has 0 radical (unpaired) electrons. The number of benzene rings is 1. The SMILES string of the molecule is CCNC(=NCc1ccccc1OC(F)(F)F)NCCNC(=O)c1ccco1. The zero-order valence-corrected chi connectivity index (χ0v) is 15.2. The summed E-state index contributed by atoms with van der Waals surface area (Å²) in [6, 6.07) is 8.98. The summed E-state index contributed by atoms with van der Waals surface area (Å²) in [4.78, 5) is 16.0. The van der Waals surface area contributed by atoms with Crippen LogP contribution in [0, 0.1) is 0 Å². The second-order valence-corrected chi connectivity index (χ2v) is 5.51. The minimum atomic E-state index is -4.77. The lowest BCUT2D eigenvalue weighted by molar-refractivity contribution is -0.274. The zero-order valence-electron chi connectivity index (χ0n) is 15.2. The fourth-order valence-corrected chi connectivity index (χ4v) is 2.22. The second-order valence-electron chi connectivity index (χ2n) is 5.51. The highest BCUT2D eigenvalue weighted by atomic mass is 19.4. The number of amides is 1. The van der Waals surface area contributed by atoms with Crippen molar-refractivity contribution in [3.63, 3.8) is 0 Å². The summed E-state index contributed by atoms with van der Waals surface area (Å²) in [5.74, 6) is -0.0225. The van der Waals surface area contributed by atoms with Crippen LogP contribution < -0.4 is 20.7 Å². The summed E-state index contributed by atoms with van der Waals surface area (Å²) in [5, 5.41) is 8.64. The van der Waals surface area contributed by atoms with Crippen LogP contribution in [0.25, 0.3) is 0 Å². The van der Waals surface area contributed by atoms with Crippen molar-refractivity contribution in [2.45, 2.75) is 19.8 Å². The van der Waals surface area contributed by atoms with Gasteiger partial charge in [0.25, 0.3) is 5.91 Å². The quantitative estimate of drug-likeness (QED) is 0.362. The monoisotopic (exact) mass is 398 g/mol. The van der Waals surface area contributed by atoms with Crippen LogP contribution in [0.4, 0.5) is 13.2 Å². The van der Waals surface area contributed by atoms with Gasteiger partial charge in [0, 0.05) is 25.2 Å². The molecule has 28 heavy (non-hydrogen) atoms. The Bertz CT molecular complexity index is 777. The Morgan fingerprint density at radius 2 is 1.86 bits per heavy atom. The third-order valence-electron chi connectivity index (χ3n) is 3.40. The molecule has 0 aliphatic heterocycles. The van der Waals surface area contributed by atoms with E-state index in [9.17, 15) is 18.0 Å². The molecular formula is C18H21F3N4O3. The molecule has 1 aromatic carbocycles. The van der Waals surface area contributed by atoms with Gasteiger partial charge in [0.15, 0.2) is 11.7 Å². The molecule has 2 rings (SSSR count). The largest absolute Gasteiger partial charge is 0.573 e. The highest BCUT2D eigenvalue weighted by molar-refractivity contribution is 5.91. The molecule has 10 heteroatoms. The average Bonchev–Trinajstić information content (AvgIpc) is 3.17. The summed E-state index contributed by atoms with van der Waals surface area (Å²) in [5.41, 5.74) is 0.295. The molecule has 0 spiro atoms. The third kappa shape index (κ3) is 7.22. The number of para-hydroxylation sites is 1. The maximum Gasteiger partial charge on any atom is 0.573 e. The first-order valence-corrected chi connectivity index (χ1v) is 8.56. The van der Waals surface area contributed by atoms with Crippen molar-refractivity contribution < 1.29 is 27.1 Å². The van der Waals surface area contributed by atoms with E-state index in [4.69, 9.17) is 4.42 Å². The number of carbonyl (C=O) groups is 1. The number of hydrogen-bond donors (Lipinski definition) is 3. The molecule has 0 saturated carbocycles. The number of alkyl halides is 3. The number of hydrogen-bond acceptors (Lipinski definition) is 4. The molecule has 0 aliphatic carbocycles. The Hall–Kier alpha value is -3.17. The Morgan fingerprint density at radius 3 is 2.54 bits per heavy atom. The molecule has 0 atom stereocenters. The van der Waals surface area contributed by atoms with Crippen LogP contribution in [-0.4, -0.2) is 37.9 Å². The number of nitrogens with one attached hydrogen (secondary N) is 3. The van der Waals surface area contributed by atoms with E-state index in [1.165, 1.54) is 24.5 Å². The van der Waals surface area contributed by atoms with Crippen LogP contribution >= 0.6 is 0 Å². The predicted octanol–water partition coefficient (Wildman–Crippen LogP) is 2.66.